The molecular formula is C24H22N4O3. The van der Waals surface area contributed by atoms with E-state index in [1.807, 2.05) is 48.7 Å². The third kappa shape index (κ3) is 3.14. The molecule has 5 aromatic rings. The van der Waals surface area contributed by atoms with Crippen LogP contribution in [0.2, 0.25) is 0 Å². The van der Waals surface area contributed by atoms with Crippen molar-refractivity contribution in [1.29, 1.82) is 0 Å². The van der Waals surface area contributed by atoms with Gasteiger partial charge in [-0.25, -0.2) is 4.98 Å². The van der Waals surface area contributed by atoms with Crippen LogP contribution in [0.3, 0.4) is 0 Å². The number of nitrogens with zero attached hydrogens (tertiary/aromatic N) is 4. The average Bonchev–Trinajstić information content (AvgIpc) is 3.32. The van der Waals surface area contributed by atoms with Gasteiger partial charge in [-0.05, 0) is 31.5 Å². The monoisotopic (exact) mass is 414 g/mol. The minimum absolute atomic E-state index is 0.155. The number of benzene rings is 2. The first-order valence-electron chi connectivity index (χ1n) is 10.0. The minimum atomic E-state index is -0.155. The predicted molar refractivity (Wildman–Crippen MR) is 118 cm³/mol. The Morgan fingerprint density at radius 3 is 2.58 bits per heavy atom. The van der Waals surface area contributed by atoms with Gasteiger partial charge in [0.05, 0.1) is 35.6 Å². The van der Waals surface area contributed by atoms with Crippen molar-refractivity contribution in [3.8, 4) is 16.9 Å². The number of hydrogen-bond donors (Lipinski definition) is 1. The quantitative estimate of drug-likeness (QED) is 0.459. The van der Waals surface area contributed by atoms with Gasteiger partial charge in [0.1, 0.15) is 29.5 Å². The molecule has 0 aliphatic heterocycles. The van der Waals surface area contributed by atoms with E-state index in [0.29, 0.717) is 18.1 Å². The predicted octanol–water partition coefficient (Wildman–Crippen LogP) is 4.41. The molecule has 0 radical (unpaired) electrons. The van der Waals surface area contributed by atoms with Crippen molar-refractivity contribution in [1.82, 2.24) is 19.7 Å². The second kappa shape index (κ2) is 7.52. The second-order valence-corrected chi connectivity index (χ2v) is 7.52. The van der Waals surface area contributed by atoms with Crippen LogP contribution in [-0.4, -0.2) is 31.9 Å². The van der Waals surface area contributed by atoms with Crippen molar-refractivity contribution in [2.24, 2.45) is 0 Å². The molecule has 0 spiro atoms. The van der Waals surface area contributed by atoms with Crippen molar-refractivity contribution in [3.05, 3.63) is 71.5 Å². The molecule has 0 saturated heterocycles. The number of pyridine rings is 1. The van der Waals surface area contributed by atoms with Crippen LogP contribution >= 0.6 is 0 Å². The number of aliphatic hydroxyl groups is 1. The van der Waals surface area contributed by atoms with Gasteiger partial charge >= 0.3 is 0 Å². The summed E-state index contributed by atoms with van der Waals surface area (Å²) in [6.07, 6.45) is 1.75. The molecular weight excluding hydrogens is 392 g/mol. The molecule has 1 N–H and O–H groups in total. The lowest BCUT2D eigenvalue weighted by atomic mass is 10.0. The number of rotatable bonds is 5. The molecule has 0 atom stereocenters. The number of aromatic nitrogens is 4. The van der Waals surface area contributed by atoms with Crippen molar-refractivity contribution in [2.45, 2.75) is 27.0 Å². The number of ether oxygens (including phenoxy) is 1. The highest BCUT2D eigenvalue weighted by atomic mass is 16.5. The molecule has 0 fully saturated rings. The molecule has 7 heteroatoms. The van der Waals surface area contributed by atoms with Gasteiger partial charge < -0.3 is 18.9 Å². The first-order chi connectivity index (χ1) is 15.1. The van der Waals surface area contributed by atoms with Gasteiger partial charge in [-0.15, -0.1) is 0 Å². The summed E-state index contributed by atoms with van der Waals surface area (Å²) in [4.78, 5) is 9.26. The van der Waals surface area contributed by atoms with Gasteiger partial charge in [-0.3, -0.25) is 4.98 Å². The Kier molecular flexibility index (Phi) is 4.67. The summed E-state index contributed by atoms with van der Waals surface area (Å²) >= 11 is 0. The summed E-state index contributed by atoms with van der Waals surface area (Å²) in [5, 5.41) is 14.9. The summed E-state index contributed by atoms with van der Waals surface area (Å²) in [5.41, 5.74) is 6.18. The Hall–Kier alpha value is -3.71. The summed E-state index contributed by atoms with van der Waals surface area (Å²) in [6, 6.07) is 14.1. The maximum Gasteiger partial charge on any atom is 0.141 e. The molecule has 0 aliphatic carbocycles. The lowest BCUT2D eigenvalue weighted by Crippen LogP contribution is -2.05. The Morgan fingerprint density at radius 2 is 1.90 bits per heavy atom. The van der Waals surface area contributed by atoms with Gasteiger partial charge in [0.2, 0.25) is 0 Å². The number of fused-ring (bicyclic) bond motifs is 3. The summed E-state index contributed by atoms with van der Waals surface area (Å²) in [7, 11) is 1.65. The maximum absolute atomic E-state index is 9.95. The lowest BCUT2D eigenvalue weighted by Gasteiger charge is -2.13. The minimum Gasteiger partial charge on any atom is -0.496 e. The van der Waals surface area contributed by atoms with E-state index in [9.17, 15) is 5.11 Å². The third-order valence-corrected chi connectivity index (χ3v) is 5.60. The Bertz CT molecular complexity index is 1380. The number of imidazole rings is 1. The van der Waals surface area contributed by atoms with Crippen molar-refractivity contribution in [2.75, 3.05) is 7.11 Å². The smallest absolute Gasteiger partial charge is 0.141 e. The van der Waals surface area contributed by atoms with Crippen LogP contribution in [0.4, 0.5) is 0 Å². The zero-order chi connectivity index (χ0) is 21.5. The fourth-order valence-corrected chi connectivity index (χ4v) is 4.18. The maximum atomic E-state index is 9.95. The highest BCUT2D eigenvalue weighted by Gasteiger charge is 2.20. The van der Waals surface area contributed by atoms with Gasteiger partial charge in [0, 0.05) is 17.5 Å². The van der Waals surface area contributed by atoms with Crippen LogP contribution in [0.1, 0.15) is 22.8 Å². The lowest BCUT2D eigenvalue weighted by molar-refractivity contribution is 0.267. The van der Waals surface area contributed by atoms with E-state index in [1.54, 1.807) is 13.3 Å². The van der Waals surface area contributed by atoms with Gasteiger partial charge in [-0.1, -0.05) is 35.5 Å². The van der Waals surface area contributed by atoms with Crippen LogP contribution in [0, 0.1) is 13.8 Å². The van der Waals surface area contributed by atoms with E-state index in [4.69, 9.17) is 9.26 Å². The van der Waals surface area contributed by atoms with Crippen molar-refractivity contribution in [3.63, 3.8) is 0 Å². The standard InChI is InChI=1S/C24H22N4O3/c1-14-23(15(2)31-27-14)18-9-19-17(10-21(18)30-3)24-20(11-25-19)26-22(13-29)28(24)12-16-7-5-4-6-8-16/h4-11,29H,12-13H2,1-3H3. The van der Waals surface area contributed by atoms with E-state index >= 15 is 0 Å². The first-order valence-corrected chi connectivity index (χ1v) is 10.0. The molecule has 2 aromatic carbocycles. The van der Waals surface area contributed by atoms with Crippen LogP contribution < -0.4 is 4.74 Å². The van der Waals surface area contributed by atoms with Crippen LogP contribution in [0.25, 0.3) is 33.1 Å². The first kappa shape index (κ1) is 19.3. The van der Waals surface area contributed by atoms with E-state index in [2.05, 4.69) is 27.3 Å². The Labute approximate surface area is 178 Å². The Morgan fingerprint density at radius 1 is 1.10 bits per heavy atom. The molecule has 0 saturated carbocycles. The van der Waals surface area contributed by atoms with E-state index in [-0.39, 0.29) is 6.61 Å². The highest BCUT2D eigenvalue weighted by Crippen LogP contribution is 2.39. The van der Waals surface area contributed by atoms with Crippen LogP contribution in [0.5, 0.6) is 5.75 Å². The highest BCUT2D eigenvalue weighted by molar-refractivity contribution is 6.05. The van der Waals surface area contributed by atoms with Crippen molar-refractivity contribution < 1.29 is 14.4 Å². The molecule has 0 unspecified atom stereocenters. The number of hydrogen-bond acceptors (Lipinski definition) is 6. The third-order valence-electron chi connectivity index (χ3n) is 5.60. The number of methoxy groups -OCH3 is 1. The zero-order valence-corrected chi connectivity index (χ0v) is 17.6. The van der Waals surface area contributed by atoms with Gasteiger partial charge in [0.15, 0.2) is 0 Å². The average molecular weight is 414 g/mol. The zero-order valence-electron chi connectivity index (χ0n) is 17.6. The molecule has 3 aromatic heterocycles. The molecule has 0 amide bonds. The fraction of sp³-hybridized carbons (Fsp3) is 0.208. The van der Waals surface area contributed by atoms with Gasteiger partial charge in [0.25, 0.3) is 0 Å². The van der Waals surface area contributed by atoms with Crippen molar-refractivity contribution >= 4 is 21.9 Å². The fourth-order valence-electron chi connectivity index (χ4n) is 4.18. The molecule has 3 heterocycles. The molecule has 31 heavy (non-hydrogen) atoms. The largest absolute Gasteiger partial charge is 0.496 e. The summed E-state index contributed by atoms with van der Waals surface area (Å²) < 4.78 is 13.2. The van der Waals surface area contributed by atoms with Gasteiger partial charge in [-0.2, -0.15) is 0 Å². The van der Waals surface area contributed by atoms with E-state index in [0.717, 1.165) is 50.1 Å². The summed E-state index contributed by atoms with van der Waals surface area (Å²) in [5.74, 6) is 2.03. The normalized spacial score (nSPS) is 11.5. The molecule has 0 aliphatic rings. The number of aliphatic hydroxyl groups excluding tert-OH is 1. The summed E-state index contributed by atoms with van der Waals surface area (Å²) in [6.45, 7) is 4.24. The van der Waals surface area contributed by atoms with Crippen LogP contribution in [-0.2, 0) is 13.2 Å². The van der Waals surface area contributed by atoms with E-state index in [1.165, 1.54) is 0 Å². The van der Waals surface area contributed by atoms with E-state index < -0.39 is 0 Å². The SMILES string of the molecule is COc1cc2c(cc1-c1c(C)noc1C)ncc1nc(CO)n(Cc3ccccc3)c12. The Balaban J connectivity index is 1.79. The second-order valence-electron chi connectivity index (χ2n) is 7.52. The molecule has 0 bridgehead atoms. The number of aryl methyl sites for hydroxylation is 2. The molecule has 5 rings (SSSR count). The van der Waals surface area contributed by atoms with Crippen LogP contribution in [0.15, 0.2) is 53.2 Å². The molecule has 156 valence electrons. The topological polar surface area (TPSA) is 86.2 Å². The molecule has 7 nitrogen and oxygen atoms in total.